The van der Waals surface area contributed by atoms with E-state index in [-0.39, 0.29) is 15.6 Å². The van der Waals surface area contributed by atoms with Gasteiger partial charge in [0.1, 0.15) is 0 Å². The van der Waals surface area contributed by atoms with Gasteiger partial charge in [-0.1, -0.05) is 36.4 Å². The van der Waals surface area contributed by atoms with Gasteiger partial charge >= 0.3 is 0 Å². The normalized spacial score (nSPS) is 13.4. The van der Waals surface area contributed by atoms with Crippen molar-refractivity contribution in [2.75, 3.05) is 0 Å². The fourth-order valence-electron chi connectivity index (χ4n) is 2.65. The molecule has 0 saturated heterocycles. The molecular formula is C20H17BrN2O4S2. The van der Waals surface area contributed by atoms with Crippen molar-refractivity contribution < 1.29 is 16.8 Å². The van der Waals surface area contributed by atoms with Gasteiger partial charge in [0.2, 0.25) is 24.3 Å². The Morgan fingerprint density at radius 2 is 1.55 bits per heavy atom. The van der Waals surface area contributed by atoms with Crippen LogP contribution in [0, 0.1) is 6.92 Å². The molecule has 1 heterocycles. The van der Waals surface area contributed by atoms with Crippen LogP contribution in [0.25, 0.3) is 0 Å². The van der Waals surface area contributed by atoms with Crippen molar-refractivity contribution in [3.8, 4) is 0 Å². The zero-order valence-corrected chi connectivity index (χ0v) is 18.5. The van der Waals surface area contributed by atoms with Crippen molar-refractivity contribution in [2.45, 2.75) is 21.3 Å². The van der Waals surface area contributed by atoms with E-state index in [0.717, 1.165) is 10.7 Å². The molecule has 1 aromatic heterocycles. The molecule has 0 fully saturated rings. The van der Waals surface area contributed by atoms with E-state index in [2.05, 4.69) is 25.9 Å². The van der Waals surface area contributed by atoms with Crippen LogP contribution in [0.15, 0.2) is 92.2 Å². The van der Waals surface area contributed by atoms with E-state index in [1.807, 2.05) is 0 Å². The lowest BCUT2D eigenvalue weighted by Gasteiger charge is -2.16. The van der Waals surface area contributed by atoms with Crippen LogP contribution in [0.1, 0.15) is 5.56 Å². The molecule has 0 bridgehead atoms. The monoisotopic (exact) mass is 492 g/mol. The molecule has 3 aromatic rings. The Hall–Kier alpha value is -2.36. The quantitative estimate of drug-likeness (QED) is 0.482. The maximum atomic E-state index is 13.4. The molecule has 0 aliphatic heterocycles. The summed E-state index contributed by atoms with van der Waals surface area (Å²) in [5.41, 5.74) is 0.455. The van der Waals surface area contributed by atoms with Crippen LogP contribution in [-0.4, -0.2) is 32.6 Å². The largest absolute Gasteiger partial charge is 0.239 e. The van der Waals surface area contributed by atoms with Gasteiger partial charge in [0, 0.05) is 16.9 Å². The maximum Gasteiger partial charge on any atom is 0.206 e. The van der Waals surface area contributed by atoms with E-state index in [1.54, 1.807) is 43.3 Å². The van der Waals surface area contributed by atoms with Gasteiger partial charge in [-0.3, -0.25) is 0 Å². The lowest BCUT2D eigenvalue weighted by Crippen LogP contribution is -2.32. The summed E-state index contributed by atoms with van der Waals surface area (Å²) in [6, 6.07) is 16.9. The standard InChI is InChI=1S/C20H17BrN2O4S2/c1-15-7-5-6-10-18(15)29(26,27)20(14-23-19-12-11-16(21)13-22-19)28(24,25)17-8-3-2-4-9-17/h2-14,20H,1H3. The molecule has 9 heteroatoms. The van der Waals surface area contributed by atoms with Crippen molar-refractivity contribution in [3.63, 3.8) is 0 Å². The summed E-state index contributed by atoms with van der Waals surface area (Å²) in [4.78, 5) is 7.93. The molecule has 29 heavy (non-hydrogen) atoms. The van der Waals surface area contributed by atoms with Gasteiger partial charge < -0.3 is 0 Å². The number of hydrogen-bond acceptors (Lipinski definition) is 6. The van der Waals surface area contributed by atoms with Crippen LogP contribution in [0.4, 0.5) is 5.82 Å². The van der Waals surface area contributed by atoms with Crippen molar-refractivity contribution in [1.82, 2.24) is 4.98 Å². The lowest BCUT2D eigenvalue weighted by molar-refractivity contribution is 0.584. The highest BCUT2D eigenvalue weighted by Gasteiger charge is 2.39. The second kappa shape index (κ2) is 8.56. The summed E-state index contributed by atoms with van der Waals surface area (Å²) in [6.07, 6.45) is 2.42. The molecule has 1 atom stereocenters. The summed E-state index contributed by atoms with van der Waals surface area (Å²) in [7, 11) is -8.57. The molecule has 3 rings (SSSR count). The van der Waals surface area contributed by atoms with E-state index < -0.39 is 24.3 Å². The number of aromatic nitrogens is 1. The molecule has 0 radical (unpaired) electrons. The van der Waals surface area contributed by atoms with E-state index >= 15 is 0 Å². The summed E-state index contributed by atoms with van der Waals surface area (Å²) in [5, 5.41) is 0. The third-order valence-corrected chi connectivity index (χ3v) is 9.58. The number of aliphatic imine (C=N–C) groups is 1. The number of aryl methyl sites for hydroxylation is 1. The Bertz CT molecular complexity index is 1240. The molecule has 0 spiro atoms. The fraction of sp³-hybridized carbons (Fsp3) is 0.100. The van der Waals surface area contributed by atoms with Gasteiger partial charge in [-0.2, -0.15) is 0 Å². The molecule has 6 nitrogen and oxygen atoms in total. The zero-order valence-electron chi connectivity index (χ0n) is 15.3. The first-order valence-electron chi connectivity index (χ1n) is 8.47. The third-order valence-electron chi connectivity index (χ3n) is 4.12. The van der Waals surface area contributed by atoms with E-state index in [1.165, 1.54) is 36.5 Å². The molecule has 1 unspecified atom stereocenters. The van der Waals surface area contributed by atoms with Gasteiger partial charge in [-0.25, -0.2) is 26.8 Å². The second-order valence-electron chi connectivity index (χ2n) is 6.15. The predicted octanol–water partition coefficient (Wildman–Crippen LogP) is 4.13. The van der Waals surface area contributed by atoms with Crippen molar-refractivity contribution >= 4 is 47.6 Å². The summed E-state index contributed by atoms with van der Waals surface area (Å²) >= 11 is 3.25. The molecule has 0 N–H and O–H groups in total. The van der Waals surface area contributed by atoms with Gasteiger partial charge in [0.25, 0.3) is 0 Å². The predicted molar refractivity (Wildman–Crippen MR) is 116 cm³/mol. The molecule has 2 aromatic carbocycles. The number of hydrogen-bond donors (Lipinski definition) is 0. The van der Waals surface area contributed by atoms with Crippen LogP contribution >= 0.6 is 15.9 Å². The third kappa shape index (κ3) is 4.63. The summed E-state index contributed by atoms with van der Waals surface area (Å²) in [5.74, 6) is 0.196. The smallest absolute Gasteiger partial charge is 0.206 e. The van der Waals surface area contributed by atoms with Gasteiger partial charge in [-0.15, -0.1) is 0 Å². The molecule has 150 valence electrons. The van der Waals surface area contributed by atoms with Crippen molar-refractivity contribution in [3.05, 3.63) is 83.0 Å². The van der Waals surface area contributed by atoms with E-state index in [9.17, 15) is 16.8 Å². The molecular weight excluding hydrogens is 476 g/mol. The Kier molecular flexibility index (Phi) is 6.30. The van der Waals surface area contributed by atoms with Gasteiger partial charge in [0.05, 0.1) is 9.79 Å². The molecule has 0 amide bonds. The maximum absolute atomic E-state index is 13.4. The molecule has 0 aliphatic rings. The number of pyridine rings is 1. The first-order valence-corrected chi connectivity index (χ1v) is 12.4. The Morgan fingerprint density at radius 3 is 2.17 bits per heavy atom. The Labute approximate surface area is 178 Å². The van der Waals surface area contributed by atoms with Crippen molar-refractivity contribution in [2.24, 2.45) is 4.99 Å². The van der Waals surface area contributed by atoms with Crippen LogP contribution in [0.5, 0.6) is 0 Å². The first-order chi connectivity index (χ1) is 13.7. The number of benzene rings is 2. The number of halogens is 1. The van der Waals surface area contributed by atoms with E-state index in [4.69, 9.17) is 0 Å². The lowest BCUT2D eigenvalue weighted by atomic mass is 10.2. The highest BCUT2D eigenvalue weighted by molar-refractivity contribution is 9.10. The van der Waals surface area contributed by atoms with Crippen LogP contribution in [0.3, 0.4) is 0 Å². The highest BCUT2D eigenvalue weighted by Crippen LogP contribution is 2.27. The van der Waals surface area contributed by atoms with E-state index in [0.29, 0.717) is 5.56 Å². The number of sulfone groups is 2. The van der Waals surface area contributed by atoms with Crippen LogP contribution in [0.2, 0.25) is 0 Å². The van der Waals surface area contributed by atoms with Gasteiger partial charge in [-0.05, 0) is 58.7 Å². The average Bonchev–Trinajstić information content (AvgIpc) is 2.70. The molecule has 0 saturated carbocycles. The van der Waals surface area contributed by atoms with Gasteiger partial charge in [0.15, 0.2) is 5.82 Å². The number of rotatable bonds is 6. The Balaban J connectivity index is 2.16. The minimum atomic E-state index is -4.29. The number of nitrogens with zero attached hydrogens (tertiary/aromatic N) is 2. The van der Waals surface area contributed by atoms with Crippen LogP contribution < -0.4 is 0 Å². The minimum absolute atomic E-state index is 0.0558. The Morgan fingerprint density at radius 1 is 0.897 bits per heavy atom. The zero-order chi connectivity index (χ0) is 21.1. The van der Waals surface area contributed by atoms with Crippen LogP contribution in [-0.2, 0) is 19.7 Å². The first kappa shape index (κ1) is 21.4. The summed E-state index contributed by atoms with van der Waals surface area (Å²) < 4.78 is 52.0. The summed E-state index contributed by atoms with van der Waals surface area (Å²) in [6.45, 7) is 1.62. The minimum Gasteiger partial charge on any atom is -0.239 e. The average molecular weight is 493 g/mol. The van der Waals surface area contributed by atoms with Crippen molar-refractivity contribution in [1.29, 1.82) is 0 Å². The molecule has 0 aliphatic carbocycles. The highest BCUT2D eigenvalue weighted by atomic mass is 79.9. The SMILES string of the molecule is Cc1ccccc1S(=O)(=O)C(C=Nc1ccc(Br)cn1)S(=O)(=O)c1ccccc1. The fourth-order valence-corrected chi connectivity index (χ4v) is 7.15. The second-order valence-corrected chi connectivity index (χ2v) is 11.5. The topological polar surface area (TPSA) is 93.5 Å².